The maximum atomic E-state index is 13.3. The van der Waals surface area contributed by atoms with Gasteiger partial charge < -0.3 is 14.5 Å². The number of carbonyl (C=O) groups excluding carboxylic acids is 2. The Morgan fingerprint density at radius 2 is 1.61 bits per heavy atom. The predicted molar refractivity (Wildman–Crippen MR) is 115 cm³/mol. The molecule has 7 nitrogen and oxygen atoms in total. The second-order valence-corrected chi connectivity index (χ2v) is 7.96. The highest BCUT2D eigenvalue weighted by Crippen LogP contribution is 2.52. The normalized spacial score (nSPS) is 22.4. The van der Waals surface area contributed by atoms with E-state index in [1.807, 2.05) is 74.5 Å². The molecule has 0 unspecified atom stereocenters. The lowest BCUT2D eigenvalue weighted by Gasteiger charge is -2.55. The van der Waals surface area contributed by atoms with Gasteiger partial charge in [-0.1, -0.05) is 48.5 Å². The number of rotatable bonds is 3. The average Bonchev–Trinajstić information content (AvgIpc) is 2.85. The number of para-hydroxylation sites is 1. The van der Waals surface area contributed by atoms with E-state index < -0.39 is 11.6 Å². The second-order valence-electron chi connectivity index (χ2n) is 7.96. The molecule has 0 spiro atoms. The number of ether oxygens (including phenoxy) is 1. The summed E-state index contributed by atoms with van der Waals surface area (Å²) in [6, 6.07) is 19.4. The quantitative estimate of drug-likeness (QED) is 0.616. The Morgan fingerprint density at radius 3 is 2.32 bits per heavy atom. The van der Waals surface area contributed by atoms with Crippen molar-refractivity contribution in [2.45, 2.75) is 25.5 Å². The lowest BCUT2D eigenvalue weighted by molar-refractivity contribution is -0.178. The number of carbonyl (C=O) groups is 2. The Kier molecular flexibility index (Phi) is 4.28. The Morgan fingerprint density at radius 1 is 0.968 bits per heavy atom. The van der Waals surface area contributed by atoms with E-state index in [4.69, 9.17) is 4.74 Å². The van der Waals surface area contributed by atoms with Crippen molar-refractivity contribution in [3.05, 3.63) is 83.2 Å². The summed E-state index contributed by atoms with van der Waals surface area (Å²) in [6.45, 7) is 3.68. The summed E-state index contributed by atoms with van der Waals surface area (Å²) in [4.78, 5) is 38.2. The molecule has 1 saturated heterocycles. The Bertz CT molecular complexity index is 1180. The fraction of sp³-hybridized carbons (Fsp3) is 0.250. The van der Waals surface area contributed by atoms with Crippen LogP contribution >= 0.6 is 0 Å². The van der Waals surface area contributed by atoms with Crippen LogP contribution in [-0.4, -0.2) is 46.4 Å². The van der Waals surface area contributed by atoms with Crippen molar-refractivity contribution >= 4 is 17.5 Å². The Balaban J connectivity index is 1.74. The van der Waals surface area contributed by atoms with Gasteiger partial charge in [0.1, 0.15) is 12.1 Å². The van der Waals surface area contributed by atoms with Crippen molar-refractivity contribution < 1.29 is 14.3 Å². The maximum absolute atomic E-state index is 13.3. The third-order valence-electron chi connectivity index (χ3n) is 6.04. The minimum atomic E-state index is -0.962. The molecule has 0 radical (unpaired) electrons. The second kappa shape index (κ2) is 6.91. The van der Waals surface area contributed by atoms with Crippen molar-refractivity contribution in [3.8, 4) is 6.01 Å². The first-order chi connectivity index (χ1) is 14.9. The molecule has 3 heterocycles. The van der Waals surface area contributed by atoms with Gasteiger partial charge in [-0.15, -0.1) is 0 Å². The lowest BCUT2D eigenvalue weighted by Crippen LogP contribution is -2.74. The van der Waals surface area contributed by atoms with Gasteiger partial charge in [0.25, 0.3) is 5.91 Å². The molecule has 0 aliphatic carbocycles. The largest absolute Gasteiger partial charge is 0.447 e. The molecule has 1 fully saturated rings. The zero-order valence-electron chi connectivity index (χ0n) is 17.6. The molecular formula is C24H22N4O3. The number of fused-ring (bicyclic) bond motifs is 3. The van der Waals surface area contributed by atoms with Gasteiger partial charge in [-0.05, 0) is 31.5 Å². The molecule has 0 N–H and O–H groups in total. The number of hydrogen-bond acceptors (Lipinski definition) is 5. The van der Waals surface area contributed by atoms with Crippen molar-refractivity contribution in [2.24, 2.45) is 0 Å². The van der Waals surface area contributed by atoms with Crippen LogP contribution in [0, 0.1) is 13.8 Å². The molecule has 3 aromatic rings. The number of anilines is 1. The van der Waals surface area contributed by atoms with Gasteiger partial charge in [0.15, 0.2) is 0 Å². The SMILES string of the molecule is Cc1cc(C)nc(O[C@@H]2C(=O)N3CC(=O)N(C)c4ccccc4[C@@]23c2ccccc2)n1. The highest BCUT2D eigenvalue weighted by atomic mass is 16.5. The molecule has 0 bridgehead atoms. The average molecular weight is 414 g/mol. The molecule has 2 aliphatic rings. The third kappa shape index (κ3) is 2.73. The minimum Gasteiger partial charge on any atom is -0.447 e. The molecule has 2 atom stereocenters. The molecule has 156 valence electrons. The van der Waals surface area contributed by atoms with Gasteiger partial charge >= 0.3 is 6.01 Å². The van der Waals surface area contributed by atoms with Crippen LogP contribution in [0.15, 0.2) is 60.7 Å². The summed E-state index contributed by atoms with van der Waals surface area (Å²) in [6.07, 6.45) is -0.892. The molecule has 7 heteroatoms. The summed E-state index contributed by atoms with van der Waals surface area (Å²) in [7, 11) is 1.74. The third-order valence-corrected chi connectivity index (χ3v) is 6.04. The van der Waals surface area contributed by atoms with E-state index in [-0.39, 0.29) is 24.4 Å². The van der Waals surface area contributed by atoms with Crippen LogP contribution < -0.4 is 9.64 Å². The van der Waals surface area contributed by atoms with E-state index in [2.05, 4.69) is 9.97 Å². The zero-order chi connectivity index (χ0) is 21.8. The fourth-order valence-electron chi connectivity index (χ4n) is 4.67. The number of hydrogen-bond donors (Lipinski definition) is 0. The van der Waals surface area contributed by atoms with E-state index in [0.29, 0.717) is 0 Å². The van der Waals surface area contributed by atoms with Crippen molar-refractivity contribution in [2.75, 3.05) is 18.5 Å². The number of aromatic nitrogens is 2. The smallest absolute Gasteiger partial charge is 0.317 e. The molecule has 5 rings (SSSR count). The van der Waals surface area contributed by atoms with Crippen LogP contribution in [0.4, 0.5) is 5.69 Å². The summed E-state index contributed by atoms with van der Waals surface area (Å²) in [5.41, 5.74) is 3.02. The number of likely N-dealkylation sites (N-methyl/N-ethyl adjacent to an activating group) is 1. The van der Waals surface area contributed by atoms with Crippen molar-refractivity contribution in [1.82, 2.24) is 14.9 Å². The summed E-state index contributed by atoms with van der Waals surface area (Å²) >= 11 is 0. The predicted octanol–water partition coefficient (Wildman–Crippen LogP) is 2.60. The summed E-state index contributed by atoms with van der Waals surface area (Å²) < 4.78 is 6.19. The van der Waals surface area contributed by atoms with E-state index in [1.165, 1.54) is 0 Å². The van der Waals surface area contributed by atoms with Crippen molar-refractivity contribution in [1.29, 1.82) is 0 Å². The van der Waals surface area contributed by atoms with Gasteiger partial charge in [0.05, 0.1) is 0 Å². The van der Waals surface area contributed by atoms with Gasteiger partial charge in [0, 0.05) is 29.7 Å². The Hall–Kier alpha value is -3.74. The number of nitrogens with zero attached hydrogens (tertiary/aromatic N) is 4. The van der Waals surface area contributed by atoms with Crippen LogP contribution in [0.3, 0.4) is 0 Å². The van der Waals surface area contributed by atoms with Gasteiger partial charge in [-0.25, -0.2) is 9.97 Å². The lowest BCUT2D eigenvalue weighted by atomic mass is 9.69. The molecule has 31 heavy (non-hydrogen) atoms. The molecular weight excluding hydrogens is 392 g/mol. The number of benzene rings is 2. The fourth-order valence-corrected chi connectivity index (χ4v) is 4.67. The van der Waals surface area contributed by atoms with E-state index in [0.717, 1.165) is 28.2 Å². The molecule has 2 amide bonds. The first kappa shape index (κ1) is 19.2. The van der Waals surface area contributed by atoms with Crippen molar-refractivity contribution in [3.63, 3.8) is 0 Å². The zero-order valence-corrected chi connectivity index (χ0v) is 17.6. The first-order valence-corrected chi connectivity index (χ1v) is 10.1. The van der Waals surface area contributed by atoms with Crippen LogP contribution in [0.25, 0.3) is 0 Å². The summed E-state index contributed by atoms with van der Waals surface area (Å²) in [5.74, 6) is -0.412. The number of β-lactam (4-membered cyclic amide) rings is 1. The number of amides is 2. The van der Waals surface area contributed by atoms with Crippen LogP contribution in [0.1, 0.15) is 22.5 Å². The monoisotopic (exact) mass is 414 g/mol. The van der Waals surface area contributed by atoms with E-state index in [1.54, 1.807) is 16.8 Å². The van der Waals surface area contributed by atoms with Crippen LogP contribution in [-0.2, 0) is 15.1 Å². The first-order valence-electron chi connectivity index (χ1n) is 10.1. The van der Waals surface area contributed by atoms with E-state index in [9.17, 15) is 9.59 Å². The highest BCUT2D eigenvalue weighted by Gasteiger charge is 2.66. The van der Waals surface area contributed by atoms with E-state index >= 15 is 0 Å². The molecule has 0 saturated carbocycles. The molecule has 2 aromatic carbocycles. The van der Waals surface area contributed by atoms with Gasteiger partial charge in [-0.3, -0.25) is 9.59 Å². The maximum Gasteiger partial charge on any atom is 0.317 e. The van der Waals surface area contributed by atoms with Crippen LogP contribution in [0.2, 0.25) is 0 Å². The van der Waals surface area contributed by atoms with Gasteiger partial charge in [-0.2, -0.15) is 0 Å². The topological polar surface area (TPSA) is 75.6 Å². The molecule has 1 aromatic heterocycles. The van der Waals surface area contributed by atoms with Crippen LogP contribution in [0.5, 0.6) is 6.01 Å². The molecule has 2 aliphatic heterocycles. The van der Waals surface area contributed by atoms with Gasteiger partial charge in [0.2, 0.25) is 12.0 Å². The summed E-state index contributed by atoms with van der Waals surface area (Å²) in [5, 5.41) is 0. The standard InChI is InChI=1S/C24H22N4O3/c1-15-13-16(2)26-23(25-15)31-21-22(30)28-14-20(29)27(3)19-12-8-7-11-18(19)24(21,28)17-9-5-4-6-10-17/h4-13,21H,14H2,1-3H3/t21-,24+/m1/s1. The Labute approximate surface area is 180 Å². The highest BCUT2D eigenvalue weighted by molar-refractivity contribution is 6.04. The minimum absolute atomic E-state index is 0.0352. The number of aryl methyl sites for hydroxylation is 2.